The van der Waals surface area contributed by atoms with Gasteiger partial charge in [-0.3, -0.25) is 0 Å². The molecule has 6 nitrogen and oxygen atoms in total. The van der Waals surface area contributed by atoms with Gasteiger partial charge >= 0.3 is 6.09 Å². The molecule has 1 heterocycles. The number of sulfone groups is 1. The van der Waals surface area contributed by atoms with Gasteiger partial charge < -0.3 is 10.4 Å². The largest absolute Gasteiger partial charge is 0.465 e. The average molecular weight is 453 g/mol. The van der Waals surface area contributed by atoms with E-state index in [0.29, 0.717) is 10.6 Å². The smallest absolute Gasteiger partial charge is 0.404 e. The lowest BCUT2D eigenvalue weighted by Crippen LogP contribution is -2.21. The molecular formula is C20H15ClF2N2O4S. The van der Waals surface area contributed by atoms with Crippen LogP contribution in [0.5, 0.6) is 0 Å². The van der Waals surface area contributed by atoms with Crippen LogP contribution in [0.25, 0.3) is 0 Å². The molecule has 30 heavy (non-hydrogen) atoms. The fourth-order valence-electron chi connectivity index (χ4n) is 2.74. The first kappa shape index (κ1) is 21.7. The molecule has 3 aromatic rings. The number of nitrogens with one attached hydrogen (secondary N) is 1. The van der Waals surface area contributed by atoms with E-state index in [1.54, 1.807) is 0 Å². The number of hydrogen-bond acceptors (Lipinski definition) is 4. The van der Waals surface area contributed by atoms with Crippen LogP contribution in [0.1, 0.15) is 16.8 Å². The van der Waals surface area contributed by atoms with Crippen LogP contribution in [0.2, 0.25) is 5.02 Å². The maximum atomic E-state index is 14.1. The van der Waals surface area contributed by atoms with Crippen molar-refractivity contribution in [3.63, 3.8) is 0 Å². The van der Waals surface area contributed by atoms with Crippen LogP contribution in [0, 0.1) is 11.6 Å². The van der Waals surface area contributed by atoms with Crippen molar-refractivity contribution in [2.45, 2.75) is 22.9 Å². The first-order chi connectivity index (χ1) is 14.2. The zero-order chi connectivity index (χ0) is 21.9. The van der Waals surface area contributed by atoms with E-state index in [0.717, 1.165) is 18.2 Å². The van der Waals surface area contributed by atoms with E-state index in [1.165, 1.54) is 36.4 Å². The van der Waals surface area contributed by atoms with E-state index >= 15 is 0 Å². The summed E-state index contributed by atoms with van der Waals surface area (Å²) in [5, 5.41) is 11.0. The number of hydrogen-bond donors (Lipinski definition) is 2. The minimum absolute atomic E-state index is 0.0416. The maximum absolute atomic E-state index is 14.1. The summed E-state index contributed by atoms with van der Waals surface area (Å²) in [7, 11) is -4.01. The topological polar surface area (TPSA) is 96.4 Å². The summed E-state index contributed by atoms with van der Waals surface area (Å²) in [6, 6.07) is 11.0. The number of carbonyl (C=O) groups is 1. The minimum atomic E-state index is -4.01. The summed E-state index contributed by atoms with van der Waals surface area (Å²) in [5.41, 5.74) is 0.388. The zero-order valence-corrected chi connectivity index (χ0v) is 16.8. The molecule has 1 aromatic heterocycles. The number of amides is 1. The Morgan fingerprint density at radius 3 is 2.40 bits per heavy atom. The fourth-order valence-corrected chi connectivity index (χ4v) is 4.08. The number of aromatic nitrogens is 1. The van der Waals surface area contributed by atoms with Crippen molar-refractivity contribution >= 4 is 27.5 Å². The van der Waals surface area contributed by atoms with Gasteiger partial charge in [-0.1, -0.05) is 17.7 Å². The van der Waals surface area contributed by atoms with Crippen molar-refractivity contribution in [1.29, 1.82) is 0 Å². The van der Waals surface area contributed by atoms with Crippen molar-refractivity contribution in [3.05, 3.63) is 88.1 Å². The van der Waals surface area contributed by atoms with Crippen LogP contribution in [0.4, 0.5) is 13.6 Å². The van der Waals surface area contributed by atoms with Crippen LogP contribution in [0.3, 0.4) is 0 Å². The lowest BCUT2D eigenvalue weighted by molar-refractivity contribution is 0.194. The van der Waals surface area contributed by atoms with Gasteiger partial charge in [-0.2, -0.15) is 0 Å². The van der Waals surface area contributed by atoms with Crippen LogP contribution in [-0.2, 0) is 22.8 Å². The van der Waals surface area contributed by atoms with Gasteiger partial charge in [0.1, 0.15) is 11.6 Å². The highest BCUT2D eigenvalue weighted by Crippen LogP contribution is 2.24. The average Bonchev–Trinajstić information content (AvgIpc) is 2.70. The molecule has 0 saturated heterocycles. The molecule has 0 atom stereocenters. The number of benzene rings is 2. The van der Waals surface area contributed by atoms with E-state index < -0.39 is 27.6 Å². The molecule has 2 N–H and O–H groups in total. The third-order valence-electron chi connectivity index (χ3n) is 4.24. The summed E-state index contributed by atoms with van der Waals surface area (Å²) >= 11 is 5.80. The summed E-state index contributed by atoms with van der Waals surface area (Å²) in [4.78, 5) is 14.9. The highest BCUT2D eigenvalue weighted by Gasteiger charge is 2.21. The van der Waals surface area contributed by atoms with E-state index in [9.17, 15) is 22.0 Å². The molecule has 0 aliphatic rings. The van der Waals surface area contributed by atoms with Gasteiger partial charge in [0, 0.05) is 18.0 Å². The normalized spacial score (nSPS) is 11.3. The number of rotatable bonds is 6. The Hall–Kier alpha value is -3.04. The van der Waals surface area contributed by atoms with Gasteiger partial charge in [-0.05, 0) is 59.7 Å². The Balaban J connectivity index is 2.06. The Morgan fingerprint density at radius 1 is 1.03 bits per heavy atom. The first-order valence-corrected chi connectivity index (χ1v) is 10.4. The molecule has 2 aromatic carbocycles. The first-order valence-electron chi connectivity index (χ1n) is 8.57. The lowest BCUT2D eigenvalue weighted by Gasteiger charge is -2.12. The van der Waals surface area contributed by atoms with Gasteiger partial charge in [0.2, 0.25) is 9.84 Å². The van der Waals surface area contributed by atoms with Crippen LogP contribution < -0.4 is 5.32 Å². The minimum Gasteiger partial charge on any atom is -0.465 e. The predicted octanol–water partition coefficient (Wildman–Crippen LogP) is 4.20. The SMILES string of the molecule is O=C(O)NCc1ccc(S(=O)(=O)c2ccc(Cl)cc2)nc1Cc1cc(F)ccc1F. The van der Waals surface area contributed by atoms with Crippen molar-refractivity contribution in [2.24, 2.45) is 0 Å². The van der Waals surface area contributed by atoms with Crippen molar-refractivity contribution in [3.8, 4) is 0 Å². The molecule has 0 spiro atoms. The Morgan fingerprint density at radius 2 is 1.73 bits per heavy atom. The number of carboxylic acid groups (broad SMARTS) is 1. The molecule has 0 bridgehead atoms. The second-order valence-corrected chi connectivity index (χ2v) is 8.62. The van der Waals surface area contributed by atoms with E-state index in [4.69, 9.17) is 16.7 Å². The molecule has 0 unspecified atom stereocenters. The molecule has 156 valence electrons. The number of pyridine rings is 1. The Bertz CT molecular complexity index is 1200. The third kappa shape index (κ3) is 4.92. The summed E-state index contributed by atoms with van der Waals surface area (Å²) < 4.78 is 53.4. The Kier molecular flexibility index (Phi) is 6.33. The van der Waals surface area contributed by atoms with Crippen molar-refractivity contribution < 1.29 is 27.1 Å². The van der Waals surface area contributed by atoms with Crippen LogP contribution in [0.15, 0.2) is 64.5 Å². The van der Waals surface area contributed by atoms with E-state index in [1.807, 2.05) is 0 Å². The quantitative estimate of drug-likeness (QED) is 0.584. The second-order valence-electron chi connectivity index (χ2n) is 6.28. The molecule has 10 heteroatoms. The van der Waals surface area contributed by atoms with Gasteiger partial charge in [-0.25, -0.2) is 27.0 Å². The maximum Gasteiger partial charge on any atom is 0.404 e. The summed E-state index contributed by atoms with van der Waals surface area (Å²) in [5.74, 6) is -1.36. The number of nitrogens with zero attached hydrogens (tertiary/aromatic N) is 1. The third-order valence-corrected chi connectivity index (χ3v) is 6.16. The molecule has 3 rings (SSSR count). The van der Waals surface area contributed by atoms with Crippen molar-refractivity contribution in [2.75, 3.05) is 0 Å². The predicted molar refractivity (Wildman–Crippen MR) is 105 cm³/mol. The molecule has 1 amide bonds. The molecule has 0 fully saturated rings. The molecule has 0 aliphatic heterocycles. The van der Waals surface area contributed by atoms with Crippen LogP contribution >= 0.6 is 11.6 Å². The van der Waals surface area contributed by atoms with E-state index in [-0.39, 0.29) is 34.1 Å². The summed E-state index contributed by atoms with van der Waals surface area (Å²) in [6.07, 6.45) is -1.53. The van der Waals surface area contributed by atoms with Gasteiger partial charge in [0.05, 0.1) is 10.6 Å². The molecule has 0 radical (unpaired) electrons. The second kappa shape index (κ2) is 8.76. The van der Waals surface area contributed by atoms with E-state index in [2.05, 4.69) is 10.3 Å². The van der Waals surface area contributed by atoms with Crippen LogP contribution in [-0.4, -0.2) is 24.6 Å². The Labute approximate surface area is 176 Å². The highest BCUT2D eigenvalue weighted by atomic mass is 35.5. The lowest BCUT2D eigenvalue weighted by atomic mass is 10.0. The summed E-state index contributed by atoms with van der Waals surface area (Å²) in [6.45, 7) is -0.185. The van der Waals surface area contributed by atoms with Gasteiger partial charge in [0.15, 0.2) is 5.03 Å². The standard InChI is InChI=1S/C20H15ClF2N2O4S/c21-14-2-5-16(6-3-14)30(28,29)19-8-1-12(11-24-20(26)27)18(25-19)10-13-9-15(22)4-7-17(13)23/h1-9,24H,10-11H2,(H,26,27). The van der Waals surface area contributed by atoms with Crippen molar-refractivity contribution in [1.82, 2.24) is 10.3 Å². The molecular weight excluding hydrogens is 438 g/mol. The fraction of sp³-hybridized carbons (Fsp3) is 0.100. The molecule has 0 aliphatic carbocycles. The zero-order valence-electron chi connectivity index (χ0n) is 15.3. The molecule has 0 saturated carbocycles. The van der Waals surface area contributed by atoms with Gasteiger partial charge in [-0.15, -0.1) is 0 Å². The van der Waals surface area contributed by atoms with Gasteiger partial charge in [0.25, 0.3) is 0 Å². The number of halogens is 3. The highest BCUT2D eigenvalue weighted by molar-refractivity contribution is 7.91. The monoisotopic (exact) mass is 452 g/mol.